The number of hydrogen-bond acceptors (Lipinski definition) is 2. The lowest BCUT2D eigenvalue weighted by Crippen LogP contribution is -2.29. The zero-order valence-electron chi connectivity index (χ0n) is 19.9. The first-order valence-electron chi connectivity index (χ1n) is 10.7. The van der Waals surface area contributed by atoms with Crippen LogP contribution < -0.4 is 0 Å². The maximum atomic E-state index is 15.3. The molecule has 0 bridgehead atoms. The van der Waals surface area contributed by atoms with Crippen LogP contribution in [-0.4, -0.2) is 11.6 Å². The van der Waals surface area contributed by atoms with Crippen molar-refractivity contribution in [3.05, 3.63) is 64.5 Å². The van der Waals surface area contributed by atoms with Crippen LogP contribution in [0.4, 0.5) is 4.39 Å². The van der Waals surface area contributed by atoms with E-state index in [0.29, 0.717) is 35.1 Å². The van der Waals surface area contributed by atoms with E-state index in [4.69, 9.17) is 0 Å². The molecular weight excluding hydrogens is 375 g/mol. The highest BCUT2D eigenvalue weighted by Crippen LogP contribution is 2.44. The molecule has 0 aliphatic heterocycles. The molecule has 0 unspecified atom stereocenters. The van der Waals surface area contributed by atoms with Crippen LogP contribution in [0.5, 0.6) is 0 Å². The Morgan fingerprint density at radius 1 is 0.933 bits per heavy atom. The van der Waals surface area contributed by atoms with Crippen molar-refractivity contribution in [2.24, 2.45) is 5.41 Å². The van der Waals surface area contributed by atoms with Gasteiger partial charge in [0.2, 0.25) is 0 Å². The Labute approximate surface area is 182 Å². The second-order valence-corrected chi connectivity index (χ2v) is 8.60. The average Bonchev–Trinajstić information content (AvgIpc) is 2.66. The number of halogens is 1. The van der Waals surface area contributed by atoms with Crippen LogP contribution in [0.2, 0.25) is 0 Å². The van der Waals surface area contributed by atoms with E-state index >= 15 is 4.39 Å². The van der Waals surface area contributed by atoms with Gasteiger partial charge in [-0.25, -0.2) is 4.39 Å². The maximum Gasteiger partial charge on any atom is 0.167 e. The van der Waals surface area contributed by atoms with E-state index < -0.39 is 11.2 Å². The van der Waals surface area contributed by atoms with E-state index in [0.717, 1.165) is 23.1 Å². The van der Waals surface area contributed by atoms with Gasteiger partial charge >= 0.3 is 0 Å². The molecule has 0 saturated carbocycles. The van der Waals surface area contributed by atoms with Crippen molar-refractivity contribution in [3.63, 3.8) is 0 Å². The van der Waals surface area contributed by atoms with Crippen LogP contribution >= 0.6 is 0 Å². The van der Waals surface area contributed by atoms with Gasteiger partial charge in [-0.1, -0.05) is 44.7 Å². The van der Waals surface area contributed by atoms with Gasteiger partial charge in [0.1, 0.15) is 11.6 Å². The molecule has 30 heavy (non-hydrogen) atoms. The standard InChI is InChI=1S/C27H37FO2/c1-11-13-22(29)14-18(7)27(12-2,17(5)6)15-23(30)25-24(16(3)4)20(9)19(8)21(10)26(25)28/h3,5,7,11-15H2,1-2,4,6,8-10H3/t27-/m0/s1. The molecule has 0 amide bonds. The van der Waals surface area contributed by atoms with E-state index in [1.807, 2.05) is 34.6 Å². The molecule has 1 aromatic rings. The highest BCUT2D eigenvalue weighted by molar-refractivity contribution is 6.02. The molecule has 0 saturated heterocycles. The predicted molar refractivity (Wildman–Crippen MR) is 125 cm³/mol. The molecule has 164 valence electrons. The van der Waals surface area contributed by atoms with Gasteiger partial charge < -0.3 is 0 Å². The Morgan fingerprint density at radius 3 is 1.93 bits per heavy atom. The van der Waals surface area contributed by atoms with Gasteiger partial charge in [-0.2, -0.15) is 0 Å². The molecule has 0 heterocycles. The number of benzene rings is 1. The lowest BCUT2D eigenvalue weighted by atomic mass is 9.67. The first-order chi connectivity index (χ1) is 13.8. The summed E-state index contributed by atoms with van der Waals surface area (Å²) in [4.78, 5) is 25.8. The second-order valence-electron chi connectivity index (χ2n) is 8.60. The third kappa shape index (κ3) is 4.88. The summed E-state index contributed by atoms with van der Waals surface area (Å²) in [7, 11) is 0. The van der Waals surface area contributed by atoms with Crippen molar-refractivity contribution in [2.45, 2.75) is 80.6 Å². The fourth-order valence-electron chi connectivity index (χ4n) is 4.30. The second kappa shape index (κ2) is 10.1. The molecule has 1 aromatic carbocycles. The van der Waals surface area contributed by atoms with E-state index in [-0.39, 0.29) is 30.0 Å². The fraction of sp³-hybridized carbons (Fsp3) is 0.481. The molecular formula is C27H37FO2. The van der Waals surface area contributed by atoms with E-state index in [1.165, 1.54) is 0 Å². The molecule has 0 aliphatic carbocycles. The van der Waals surface area contributed by atoms with Crippen molar-refractivity contribution in [2.75, 3.05) is 0 Å². The number of Topliss-reactive ketones (excluding diaryl/α,β-unsaturated/α-hetero) is 2. The first kappa shape index (κ1) is 25.7. The quantitative estimate of drug-likeness (QED) is 0.276. The Kier molecular flexibility index (Phi) is 8.71. The minimum atomic E-state index is -0.744. The highest BCUT2D eigenvalue weighted by Gasteiger charge is 2.37. The highest BCUT2D eigenvalue weighted by atomic mass is 19.1. The SMILES string of the molecule is C=C(C)c1c(C)c(C)c(C)c(F)c1C(=O)C[C@@](CC)(C(=C)C)C(=C)CC(=O)CCC. The zero-order valence-corrected chi connectivity index (χ0v) is 19.9. The third-order valence-corrected chi connectivity index (χ3v) is 6.50. The smallest absolute Gasteiger partial charge is 0.167 e. The number of ketones is 2. The molecule has 0 spiro atoms. The number of rotatable bonds is 11. The molecule has 0 aliphatic rings. The largest absolute Gasteiger partial charge is 0.299 e. The summed E-state index contributed by atoms with van der Waals surface area (Å²) in [6.45, 7) is 25.3. The van der Waals surface area contributed by atoms with Crippen LogP contribution in [0.3, 0.4) is 0 Å². The molecule has 1 atom stereocenters. The monoisotopic (exact) mass is 412 g/mol. The topological polar surface area (TPSA) is 34.1 Å². The zero-order chi connectivity index (χ0) is 23.4. The Morgan fingerprint density at radius 2 is 1.50 bits per heavy atom. The van der Waals surface area contributed by atoms with Crippen LogP contribution in [0, 0.1) is 32.0 Å². The summed E-state index contributed by atoms with van der Waals surface area (Å²) in [6, 6.07) is 0. The van der Waals surface area contributed by atoms with E-state index in [2.05, 4.69) is 19.7 Å². The van der Waals surface area contributed by atoms with Gasteiger partial charge in [0.25, 0.3) is 0 Å². The minimum Gasteiger partial charge on any atom is -0.299 e. The van der Waals surface area contributed by atoms with Crippen LogP contribution in [0.1, 0.15) is 92.4 Å². The fourth-order valence-corrected chi connectivity index (χ4v) is 4.30. The Balaban J connectivity index is 3.56. The minimum absolute atomic E-state index is 0.0379. The van der Waals surface area contributed by atoms with Crippen molar-refractivity contribution in [3.8, 4) is 0 Å². The molecule has 0 fully saturated rings. The van der Waals surface area contributed by atoms with Crippen molar-refractivity contribution in [1.82, 2.24) is 0 Å². The summed E-state index contributed by atoms with van der Waals surface area (Å²) >= 11 is 0. The normalized spacial score (nSPS) is 12.9. The van der Waals surface area contributed by atoms with Crippen LogP contribution in [-0.2, 0) is 4.79 Å². The lowest BCUT2D eigenvalue weighted by molar-refractivity contribution is -0.118. The lowest BCUT2D eigenvalue weighted by Gasteiger charge is -2.36. The van der Waals surface area contributed by atoms with Gasteiger partial charge in [0.05, 0.1) is 5.56 Å². The van der Waals surface area contributed by atoms with Crippen LogP contribution in [0.25, 0.3) is 5.57 Å². The Hall–Kier alpha value is -2.29. The molecule has 1 rings (SSSR count). The van der Waals surface area contributed by atoms with Crippen molar-refractivity contribution in [1.29, 1.82) is 0 Å². The number of hydrogen-bond donors (Lipinski definition) is 0. The Bertz CT molecular complexity index is 904. The summed E-state index contributed by atoms with van der Waals surface area (Å²) in [5.41, 5.74) is 4.23. The summed E-state index contributed by atoms with van der Waals surface area (Å²) in [6.07, 6.45) is 2.07. The molecule has 0 radical (unpaired) electrons. The van der Waals surface area contributed by atoms with Gasteiger partial charge in [-0.3, -0.25) is 9.59 Å². The third-order valence-electron chi connectivity index (χ3n) is 6.50. The van der Waals surface area contributed by atoms with Gasteiger partial charge in [-0.05, 0) is 75.3 Å². The molecule has 0 N–H and O–H groups in total. The first-order valence-corrected chi connectivity index (χ1v) is 10.7. The molecule has 2 nitrogen and oxygen atoms in total. The summed E-state index contributed by atoms with van der Waals surface area (Å²) in [5, 5.41) is 0. The van der Waals surface area contributed by atoms with Gasteiger partial charge in [0.15, 0.2) is 5.78 Å². The van der Waals surface area contributed by atoms with Crippen LogP contribution in [0.15, 0.2) is 30.9 Å². The van der Waals surface area contributed by atoms with Crippen molar-refractivity contribution >= 4 is 17.1 Å². The summed E-state index contributed by atoms with van der Waals surface area (Å²) in [5.74, 6) is -0.684. The van der Waals surface area contributed by atoms with Gasteiger partial charge in [0, 0.05) is 24.7 Å². The molecule has 0 aromatic heterocycles. The number of carbonyl (C=O) groups is 2. The van der Waals surface area contributed by atoms with Gasteiger partial charge in [-0.15, -0.1) is 0 Å². The summed E-state index contributed by atoms with van der Waals surface area (Å²) < 4.78 is 15.3. The predicted octanol–water partition coefficient (Wildman–Crippen LogP) is 7.64. The van der Waals surface area contributed by atoms with E-state index in [1.54, 1.807) is 13.8 Å². The maximum absolute atomic E-state index is 15.3. The van der Waals surface area contributed by atoms with E-state index in [9.17, 15) is 9.59 Å². The number of allylic oxidation sites excluding steroid dienone is 3. The average molecular weight is 413 g/mol. The number of carbonyl (C=O) groups excluding carboxylic acids is 2. The van der Waals surface area contributed by atoms with Crippen molar-refractivity contribution < 1.29 is 14.0 Å². The molecule has 3 heteroatoms.